The zero-order chi connectivity index (χ0) is 19.4. The lowest BCUT2D eigenvalue weighted by molar-refractivity contribution is 0.0525. The number of methoxy groups -OCH3 is 1. The molecule has 1 aromatic carbocycles. The molecule has 1 aromatic heterocycles. The predicted octanol–water partition coefficient (Wildman–Crippen LogP) is 2.37. The number of amides is 1. The van der Waals surface area contributed by atoms with Gasteiger partial charge in [0.2, 0.25) is 5.88 Å². The van der Waals surface area contributed by atoms with Gasteiger partial charge in [-0.05, 0) is 37.1 Å². The maximum absolute atomic E-state index is 13.9. The lowest BCUT2D eigenvalue weighted by Crippen LogP contribution is -2.44. The van der Waals surface area contributed by atoms with Crippen LogP contribution in [0, 0.1) is 5.82 Å². The van der Waals surface area contributed by atoms with Gasteiger partial charge < -0.3 is 19.3 Å². The highest BCUT2D eigenvalue weighted by Gasteiger charge is 2.26. The van der Waals surface area contributed by atoms with E-state index in [2.05, 4.69) is 10.2 Å². The highest BCUT2D eigenvalue weighted by molar-refractivity contribution is 5.94. The second-order valence-corrected chi connectivity index (χ2v) is 6.61. The fraction of sp³-hybridized carbons (Fsp3) is 0.421. The van der Waals surface area contributed by atoms with E-state index < -0.39 is 5.82 Å². The van der Waals surface area contributed by atoms with Crippen molar-refractivity contribution in [3.05, 3.63) is 41.7 Å². The van der Waals surface area contributed by atoms with E-state index in [1.54, 1.807) is 17.0 Å². The number of carbonyl (C=O) groups excluding carboxylic acids is 1. The molecule has 0 aliphatic carbocycles. The van der Waals surface area contributed by atoms with Crippen LogP contribution in [0.1, 0.15) is 23.2 Å². The summed E-state index contributed by atoms with van der Waals surface area (Å²) in [4.78, 5) is 16.2. The molecule has 1 amide bonds. The molecule has 0 radical (unpaired) electrons. The first-order valence-electron chi connectivity index (χ1n) is 8.78. The molecule has 1 fully saturated rings. The van der Waals surface area contributed by atoms with Gasteiger partial charge >= 0.3 is 0 Å². The number of nitrogens with zero attached hydrogens (tertiary/aromatic N) is 4. The topological polar surface area (TPSA) is 67.8 Å². The molecular formula is C19H23FN4O3. The molecule has 1 aliphatic heterocycles. The van der Waals surface area contributed by atoms with Gasteiger partial charge in [0.25, 0.3) is 5.91 Å². The quantitative estimate of drug-likeness (QED) is 0.801. The van der Waals surface area contributed by atoms with E-state index >= 15 is 0 Å². The highest BCUT2D eigenvalue weighted by atomic mass is 19.1. The number of hydrogen-bond acceptors (Lipinski definition) is 6. The molecule has 27 heavy (non-hydrogen) atoms. The van der Waals surface area contributed by atoms with Gasteiger partial charge in [0.1, 0.15) is 6.10 Å². The monoisotopic (exact) mass is 374 g/mol. The van der Waals surface area contributed by atoms with E-state index in [0.717, 1.165) is 18.7 Å². The normalized spacial score (nSPS) is 16.7. The van der Waals surface area contributed by atoms with Crippen LogP contribution >= 0.6 is 0 Å². The minimum atomic E-state index is -0.551. The molecule has 0 N–H and O–H groups in total. The van der Waals surface area contributed by atoms with Gasteiger partial charge in [0.05, 0.1) is 13.7 Å². The predicted molar refractivity (Wildman–Crippen MR) is 98.9 cm³/mol. The molecule has 1 aliphatic rings. The first-order valence-corrected chi connectivity index (χ1v) is 8.78. The molecule has 8 heteroatoms. The summed E-state index contributed by atoms with van der Waals surface area (Å²) in [6.45, 7) is 1.03. The first-order chi connectivity index (χ1) is 13.0. The van der Waals surface area contributed by atoms with E-state index in [1.807, 2.05) is 25.1 Å². The Morgan fingerprint density at radius 1 is 1.26 bits per heavy atom. The molecular weight excluding hydrogens is 351 g/mol. The minimum absolute atomic E-state index is 0.117. The Morgan fingerprint density at radius 3 is 2.70 bits per heavy atom. The minimum Gasteiger partial charge on any atom is -0.494 e. The van der Waals surface area contributed by atoms with Crippen LogP contribution in [0.3, 0.4) is 0 Å². The van der Waals surface area contributed by atoms with Crippen molar-refractivity contribution >= 4 is 11.7 Å². The SMILES string of the molecule is COc1ccc(C(=O)N2CCCC(Oc3ccc(N(C)C)nn3)C2)cc1F. The molecule has 7 nitrogen and oxygen atoms in total. The number of hydrogen-bond donors (Lipinski definition) is 0. The number of anilines is 1. The maximum atomic E-state index is 13.9. The van der Waals surface area contributed by atoms with Crippen molar-refractivity contribution in [2.75, 3.05) is 39.2 Å². The van der Waals surface area contributed by atoms with E-state index in [4.69, 9.17) is 9.47 Å². The van der Waals surface area contributed by atoms with Gasteiger partial charge in [-0.15, -0.1) is 10.2 Å². The first kappa shape index (κ1) is 18.9. The Bertz CT molecular complexity index is 798. The summed E-state index contributed by atoms with van der Waals surface area (Å²) >= 11 is 0. The number of aromatic nitrogens is 2. The van der Waals surface area contributed by atoms with Crippen molar-refractivity contribution in [3.8, 4) is 11.6 Å². The van der Waals surface area contributed by atoms with Gasteiger partial charge in [0.15, 0.2) is 17.4 Å². The number of carbonyl (C=O) groups is 1. The second kappa shape index (κ2) is 8.20. The van der Waals surface area contributed by atoms with Crippen LogP contribution in [0.25, 0.3) is 0 Å². The summed E-state index contributed by atoms with van der Waals surface area (Å²) in [7, 11) is 5.16. The van der Waals surface area contributed by atoms with E-state index in [1.165, 1.54) is 19.2 Å². The van der Waals surface area contributed by atoms with Gasteiger partial charge in [-0.25, -0.2) is 4.39 Å². The number of ether oxygens (including phenoxy) is 2. The Labute approximate surface area is 157 Å². The summed E-state index contributed by atoms with van der Waals surface area (Å²) in [6, 6.07) is 7.83. The molecule has 0 saturated carbocycles. The standard InChI is InChI=1S/C19H23FN4O3/c1-23(2)17-8-9-18(22-21-17)27-14-5-4-10-24(12-14)19(25)13-6-7-16(26-3)15(20)11-13/h6-9,11,14H,4-5,10,12H2,1-3H3. The largest absolute Gasteiger partial charge is 0.494 e. The lowest BCUT2D eigenvalue weighted by Gasteiger charge is -2.32. The fourth-order valence-corrected chi connectivity index (χ4v) is 2.99. The third-order valence-corrected chi connectivity index (χ3v) is 4.44. The molecule has 3 rings (SSSR count). The third-order valence-electron chi connectivity index (χ3n) is 4.44. The van der Waals surface area contributed by atoms with Gasteiger partial charge in [-0.2, -0.15) is 0 Å². The van der Waals surface area contributed by atoms with Crippen LogP contribution < -0.4 is 14.4 Å². The molecule has 0 spiro atoms. The second-order valence-electron chi connectivity index (χ2n) is 6.61. The number of rotatable bonds is 5. The van der Waals surface area contributed by atoms with E-state index in [9.17, 15) is 9.18 Å². The van der Waals surface area contributed by atoms with Crippen LogP contribution in [0.4, 0.5) is 10.2 Å². The van der Waals surface area contributed by atoms with Crippen molar-refractivity contribution in [3.63, 3.8) is 0 Å². The molecule has 0 bridgehead atoms. The van der Waals surface area contributed by atoms with Crippen molar-refractivity contribution in [1.29, 1.82) is 0 Å². The fourth-order valence-electron chi connectivity index (χ4n) is 2.99. The molecule has 2 aromatic rings. The van der Waals surface area contributed by atoms with Crippen LogP contribution in [0.2, 0.25) is 0 Å². The van der Waals surface area contributed by atoms with Crippen molar-refractivity contribution < 1.29 is 18.7 Å². The number of likely N-dealkylation sites (tertiary alicyclic amines) is 1. The summed E-state index contributed by atoms with van der Waals surface area (Å²) < 4.78 is 24.7. The average molecular weight is 374 g/mol. The van der Waals surface area contributed by atoms with Crippen LogP contribution in [-0.2, 0) is 0 Å². The van der Waals surface area contributed by atoms with Gasteiger partial charge in [-0.1, -0.05) is 0 Å². The van der Waals surface area contributed by atoms with Crippen molar-refractivity contribution in [2.24, 2.45) is 0 Å². The molecule has 1 unspecified atom stereocenters. The van der Waals surface area contributed by atoms with Gasteiger partial charge in [0, 0.05) is 32.3 Å². The zero-order valence-corrected chi connectivity index (χ0v) is 15.7. The Morgan fingerprint density at radius 2 is 2.07 bits per heavy atom. The lowest BCUT2D eigenvalue weighted by atomic mass is 10.1. The van der Waals surface area contributed by atoms with Crippen molar-refractivity contribution in [1.82, 2.24) is 15.1 Å². The van der Waals surface area contributed by atoms with Crippen LogP contribution in [0.15, 0.2) is 30.3 Å². The molecule has 1 atom stereocenters. The Hall–Kier alpha value is -2.90. The summed E-state index contributed by atoms with van der Waals surface area (Å²) in [5, 5.41) is 8.16. The van der Waals surface area contributed by atoms with E-state index in [-0.39, 0.29) is 17.8 Å². The Balaban J connectivity index is 1.64. The highest BCUT2D eigenvalue weighted by Crippen LogP contribution is 2.22. The molecule has 1 saturated heterocycles. The number of halogens is 1. The van der Waals surface area contributed by atoms with Crippen LogP contribution in [-0.4, -0.2) is 61.4 Å². The smallest absolute Gasteiger partial charge is 0.254 e. The molecule has 144 valence electrons. The third kappa shape index (κ3) is 4.45. The summed E-state index contributed by atoms with van der Waals surface area (Å²) in [6.07, 6.45) is 1.45. The number of piperidine rings is 1. The summed E-state index contributed by atoms with van der Waals surface area (Å²) in [5.41, 5.74) is 0.295. The average Bonchev–Trinajstić information content (AvgIpc) is 2.68. The van der Waals surface area contributed by atoms with Crippen LogP contribution in [0.5, 0.6) is 11.6 Å². The van der Waals surface area contributed by atoms with E-state index in [0.29, 0.717) is 24.5 Å². The molecule has 2 heterocycles. The van der Waals surface area contributed by atoms with Gasteiger partial charge in [-0.3, -0.25) is 4.79 Å². The van der Waals surface area contributed by atoms with Crippen molar-refractivity contribution in [2.45, 2.75) is 18.9 Å². The maximum Gasteiger partial charge on any atom is 0.254 e. The Kier molecular flexibility index (Phi) is 5.73. The summed E-state index contributed by atoms with van der Waals surface area (Å²) in [5.74, 6) is 0.508. The zero-order valence-electron chi connectivity index (χ0n) is 15.7. The number of benzene rings is 1.